The molecule has 0 unspecified atom stereocenters. The molecule has 1 aliphatic rings. The molecule has 1 N–H and O–H groups in total. The number of benzene rings is 1. The molecule has 1 saturated heterocycles. The Labute approximate surface area is 182 Å². The Hall–Kier alpha value is -2.70. The summed E-state index contributed by atoms with van der Waals surface area (Å²) in [7, 11) is 0. The number of piperazine rings is 1. The summed E-state index contributed by atoms with van der Waals surface area (Å²) in [5, 5.41) is 5.09. The van der Waals surface area contributed by atoms with Crippen molar-refractivity contribution < 1.29 is 4.79 Å². The van der Waals surface area contributed by atoms with Gasteiger partial charge in [0.25, 0.3) is 5.91 Å². The molecule has 1 fully saturated rings. The van der Waals surface area contributed by atoms with Crippen LogP contribution in [0.3, 0.4) is 0 Å². The quantitative estimate of drug-likeness (QED) is 0.586. The lowest BCUT2D eigenvalue weighted by Gasteiger charge is -2.36. The zero-order valence-corrected chi connectivity index (χ0v) is 18.2. The van der Waals surface area contributed by atoms with Crippen molar-refractivity contribution in [3.8, 4) is 10.6 Å². The van der Waals surface area contributed by atoms with Crippen LogP contribution in [0.4, 0.5) is 5.69 Å². The molecule has 1 amide bonds. The van der Waals surface area contributed by atoms with Crippen LogP contribution in [0.15, 0.2) is 60.0 Å². The van der Waals surface area contributed by atoms with Gasteiger partial charge < -0.3 is 10.2 Å². The Morgan fingerprint density at radius 2 is 1.83 bits per heavy atom. The summed E-state index contributed by atoms with van der Waals surface area (Å²) in [5.41, 5.74) is 3.66. The van der Waals surface area contributed by atoms with E-state index in [1.807, 2.05) is 36.6 Å². The molecule has 3 aromatic rings. The average Bonchev–Trinajstić information content (AvgIpc) is 3.32. The van der Waals surface area contributed by atoms with E-state index < -0.39 is 0 Å². The molecule has 6 heteroatoms. The van der Waals surface area contributed by atoms with Crippen molar-refractivity contribution in [1.82, 2.24) is 15.2 Å². The third kappa shape index (κ3) is 5.07. The number of nitrogens with one attached hydrogen (secondary N) is 1. The first kappa shape index (κ1) is 20.6. The van der Waals surface area contributed by atoms with Crippen LogP contribution in [0.5, 0.6) is 0 Å². The van der Waals surface area contributed by atoms with Gasteiger partial charge in [-0.15, -0.1) is 11.3 Å². The monoisotopic (exact) mass is 420 g/mol. The van der Waals surface area contributed by atoms with Crippen LogP contribution in [0.2, 0.25) is 0 Å². The number of aryl methyl sites for hydroxylation is 1. The molecule has 0 spiro atoms. The Kier molecular flexibility index (Phi) is 6.77. The van der Waals surface area contributed by atoms with Crippen LogP contribution in [0.25, 0.3) is 10.6 Å². The second-order valence-corrected chi connectivity index (χ2v) is 8.53. The molecule has 5 nitrogen and oxygen atoms in total. The first-order valence-electron chi connectivity index (χ1n) is 10.5. The van der Waals surface area contributed by atoms with Crippen molar-refractivity contribution in [3.05, 3.63) is 71.2 Å². The number of aromatic nitrogens is 1. The molecule has 1 aliphatic heterocycles. The summed E-state index contributed by atoms with van der Waals surface area (Å²) in [6.07, 6.45) is 0.955. The summed E-state index contributed by atoms with van der Waals surface area (Å²) < 4.78 is 0. The summed E-state index contributed by atoms with van der Waals surface area (Å²) in [4.78, 5) is 23.2. The van der Waals surface area contributed by atoms with E-state index in [0.717, 1.165) is 55.4 Å². The fraction of sp³-hybridized carbons (Fsp3) is 0.333. The van der Waals surface area contributed by atoms with Crippen LogP contribution in [-0.4, -0.2) is 55.1 Å². The van der Waals surface area contributed by atoms with Gasteiger partial charge >= 0.3 is 0 Å². The lowest BCUT2D eigenvalue weighted by molar-refractivity contribution is 0.0950. The molecule has 0 atom stereocenters. The molecule has 0 saturated carbocycles. The first-order valence-corrected chi connectivity index (χ1v) is 11.4. The SMILES string of the molecule is Cc1nc(-c2cccs2)ccc1C(=O)NCCCN1CCN(c2ccccc2)CC1. The van der Waals surface area contributed by atoms with Crippen molar-refractivity contribution in [2.75, 3.05) is 44.2 Å². The van der Waals surface area contributed by atoms with Crippen molar-refractivity contribution >= 4 is 22.9 Å². The third-order valence-corrected chi connectivity index (χ3v) is 6.43. The normalized spacial score (nSPS) is 14.6. The topological polar surface area (TPSA) is 48.5 Å². The maximum Gasteiger partial charge on any atom is 0.253 e. The number of carbonyl (C=O) groups excluding carboxylic acids is 1. The van der Waals surface area contributed by atoms with Gasteiger partial charge in [-0.05, 0) is 55.6 Å². The number of anilines is 1. The molecule has 0 radical (unpaired) electrons. The minimum atomic E-state index is -0.0355. The van der Waals surface area contributed by atoms with Crippen LogP contribution in [0, 0.1) is 6.92 Å². The van der Waals surface area contributed by atoms with E-state index in [4.69, 9.17) is 0 Å². The first-order chi connectivity index (χ1) is 14.7. The Balaban J connectivity index is 1.19. The van der Waals surface area contributed by atoms with Crippen molar-refractivity contribution in [2.24, 2.45) is 0 Å². The Bertz CT molecular complexity index is 951. The average molecular weight is 421 g/mol. The number of nitrogens with zero attached hydrogens (tertiary/aromatic N) is 3. The Morgan fingerprint density at radius 1 is 1.03 bits per heavy atom. The van der Waals surface area contributed by atoms with Gasteiger partial charge in [0, 0.05) is 38.4 Å². The van der Waals surface area contributed by atoms with Crippen molar-refractivity contribution in [2.45, 2.75) is 13.3 Å². The molecule has 1 aromatic carbocycles. The lowest BCUT2D eigenvalue weighted by atomic mass is 10.1. The number of para-hydroxylation sites is 1. The lowest BCUT2D eigenvalue weighted by Crippen LogP contribution is -2.47. The molecule has 2 aromatic heterocycles. The van der Waals surface area contributed by atoms with E-state index in [-0.39, 0.29) is 5.91 Å². The molecule has 156 valence electrons. The fourth-order valence-corrected chi connectivity index (χ4v) is 4.53. The summed E-state index contributed by atoms with van der Waals surface area (Å²) in [6.45, 7) is 7.83. The van der Waals surface area contributed by atoms with Crippen LogP contribution in [-0.2, 0) is 0 Å². The Morgan fingerprint density at radius 3 is 2.53 bits per heavy atom. The molecule has 30 heavy (non-hydrogen) atoms. The molecule has 0 aliphatic carbocycles. The van der Waals surface area contributed by atoms with E-state index in [1.165, 1.54) is 5.69 Å². The van der Waals surface area contributed by atoms with E-state index in [1.54, 1.807) is 11.3 Å². The summed E-state index contributed by atoms with van der Waals surface area (Å²) in [5.74, 6) is -0.0355. The highest BCUT2D eigenvalue weighted by atomic mass is 32.1. The zero-order chi connectivity index (χ0) is 20.8. The van der Waals surface area contributed by atoms with Gasteiger partial charge in [-0.2, -0.15) is 0 Å². The number of pyridine rings is 1. The van der Waals surface area contributed by atoms with Gasteiger partial charge in [-0.1, -0.05) is 24.3 Å². The van der Waals surface area contributed by atoms with Crippen LogP contribution in [0.1, 0.15) is 22.5 Å². The third-order valence-electron chi connectivity index (χ3n) is 5.53. The minimum Gasteiger partial charge on any atom is -0.369 e. The molecular weight excluding hydrogens is 392 g/mol. The van der Waals surface area contributed by atoms with Gasteiger partial charge in [-0.25, -0.2) is 0 Å². The second kappa shape index (κ2) is 9.87. The van der Waals surface area contributed by atoms with Crippen molar-refractivity contribution in [3.63, 3.8) is 0 Å². The number of hydrogen-bond acceptors (Lipinski definition) is 5. The largest absolute Gasteiger partial charge is 0.369 e. The predicted molar refractivity (Wildman–Crippen MR) is 124 cm³/mol. The summed E-state index contributed by atoms with van der Waals surface area (Å²) in [6, 6.07) is 18.5. The highest BCUT2D eigenvalue weighted by Gasteiger charge is 2.17. The van der Waals surface area contributed by atoms with E-state index in [0.29, 0.717) is 12.1 Å². The summed E-state index contributed by atoms with van der Waals surface area (Å²) >= 11 is 1.66. The van der Waals surface area contributed by atoms with E-state index in [2.05, 4.69) is 50.4 Å². The number of thiophene rings is 1. The van der Waals surface area contributed by atoms with Gasteiger partial charge in [0.15, 0.2) is 0 Å². The van der Waals surface area contributed by atoms with Crippen molar-refractivity contribution in [1.29, 1.82) is 0 Å². The minimum absolute atomic E-state index is 0.0355. The number of rotatable bonds is 7. The van der Waals surface area contributed by atoms with Gasteiger partial charge in [0.05, 0.1) is 21.8 Å². The second-order valence-electron chi connectivity index (χ2n) is 7.58. The maximum atomic E-state index is 12.5. The highest BCUT2D eigenvalue weighted by molar-refractivity contribution is 7.13. The predicted octanol–water partition coefficient (Wildman–Crippen LogP) is 4.06. The molecular formula is C24H28N4OS. The molecule has 0 bridgehead atoms. The standard InChI is InChI=1S/C24H28N4OS/c1-19-21(10-11-22(26-19)23-9-5-18-30-23)24(29)25-12-6-13-27-14-16-28(17-15-27)20-7-3-2-4-8-20/h2-5,7-11,18H,6,12-17H2,1H3,(H,25,29). The maximum absolute atomic E-state index is 12.5. The van der Waals surface area contributed by atoms with E-state index >= 15 is 0 Å². The zero-order valence-electron chi connectivity index (χ0n) is 17.4. The fourth-order valence-electron chi connectivity index (χ4n) is 3.83. The van der Waals surface area contributed by atoms with Gasteiger partial charge in [-0.3, -0.25) is 14.7 Å². The number of hydrogen-bond donors (Lipinski definition) is 1. The van der Waals surface area contributed by atoms with Crippen LogP contribution < -0.4 is 10.2 Å². The molecule has 3 heterocycles. The van der Waals surface area contributed by atoms with E-state index in [9.17, 15) is 4.79 Å². The van der Waals surface area contributed by atoms with Crippen LogP contribution >= 0.6 is 11.3 Å². The number of amides is 1. The highest BCUT2D eigenvalue weighted by Crippen LogP contribution is 2.23. The number of carbonyl (C=O) groups is 1. The van der Waals surface area contributed by atoms with Gasteiger partial charge in [0.2, 0.25) is 0 Å². The smallest absolute Gasteiger partial charge is 0.253 e. The molecule has 4 rings (SSSR count). The van der Waals surface area contributed by atoms with Gasteiger partial charge in [0.1, 0.15) is 0 Å².